The van der Waals surface area contributed by atoms with Crippen LogP contribution < -0.4 is 10.6 Å². The van der Waals surface area contributed by atoms with E-state index in [4.69, 9.17) is 0 Å². The van der Waals surface area contributed by atoms with Crippen LogP contribution in [-0.2, 0) is 13.0 Å². The van der Waals surface area contributed by atoms with Crippen LogP contribution in [0.5, 0.6) is 0 Å². The summed E-state index contributed by atoms with van der Waals surface area (Å²) >= 11 is 0. The smallest absolute Gasteiger partial charge is 0.270 e. The maximum atomic E-state index is 13.6. The van der Waals surface area contributed by atoms with E-state index in [-0.39, 0.29) is 18.3 Å². The van der Waals surface area contributed by atoms with Crippen LogP contribution >= 0.6 is 0 Å². The van der Waals surface area contributed by atoms with Crippen molar-refractivity contribution < 1.29 is 9.18 Å². The fraction of sp³-hybridized carbons (Fsp3) is 0.182. The molecule has 0 unspecified atom stereocenters. The van der Waals surface area contributed by atoms with Crippen molar-refractivity contribution in [3.63, 3.8) is 0 Å². The molecule has 3 rings (SSSR count). The van der Waals surface area contributed by atoms with Gasteiger partial charge in [0.15, 0.2) is 0 Å². The van der Waals surface area contributed by atoms with Gasteiger partial charge in [-0.05, 0) is 36.6 Å². The van der Waals surface area contributed by atoms with E-state index >= 15 is 0 Å². The first-order chi connectivity index (χ1) is 13.2. The molecule has 1 amide bonds. The normalized spacial score (nSPS) is 10.4. The minimum Gasteiger partial charge on any atom is -0.384 e. The number of pyridine rings is 1. The van der Waals surface area contributed by atoms with Crippen LogP contribution in [0.15, 0.2) is 72.9 Å². The lowest BCUT2D eigenvalue weighted by atomic mass is 10.1. The van der Waals surface area contributed by atoms with Gasteiger partial charge in [-0.25, -0.2) is 9.37 Å². The summed E-state index contributed by atoms with van der Waals surface area (Å²) < 4.78 is 13.6. The van der Waals surface area contributed by atoms with Gasteiger partial charge in [-0.1, -0.05) is 48.5 Å². The average Bonchev–Trinajstić information content (AvgIpc) is 2.72. The molecule has 0 atom stereocenters. The Morgan fingerprint density at radius 3 is 2.48 bits per heavy atom. The predicted molar refractivity (Wildman–Crippen MR) is 105 cm³/mol. The van der Waals surface area contributed by atoms with E-state index in [0.717, 1.165) is 25.1 Å². The van der Waals surface area contributed by atoms with Gasteiger partial charge in [-0.3, -0.25) is 4.79 Å². The second kappa shape index (κ2) is 9.48. The van der Waals surface area contributed by atoms with Crippen LogP contribution in [0.4, 0.5) is 10.1 Å². The Hall–Kier alpha value is -3.21. The number of amides is 1. The Morgan fingerprint density at radius 1 is 0.963 bits per heavy atom. The molecule has 5 heteroatoms. The minimum absolute atomic E-state index is 0.132. The molecule has 2 N–H and O–H groups in total. The van der Waals surface area contributed by atoms with Crippen LogP contribution in [-0.4, -0.2) is 17.4 Å². The molecule has 27 heavy (non-hydrogen) atoms. The summed E-state index contributed by atoms with van der Waals surface area (Å²) in [5, 5.41) is 5.99. The van der Waals surface area contributed by atoms with E-state index in [1.807, 2.05) is 24.3 Å². The van der Waals surface area contributed by atoms with Crippen molar-refractivity contribution in [2.75, 3.05) is 11.9 Å². The molecule has 0 aliphatic rings. The molecule has 0 saturated carbocycles. The van der Waals surface area contributed by atoms with E-state index < -0.39 is 0 Å². The van der Waals surface area contributed by atoms with Crippen molar-refractivity contribution >= 4 is 11.6 Å². The molecule has 1 aromatic heterocycles. The number of carbonyl (C=O) groups is 1. The highest BCUT2D eigenvalue weighted by atomic mass is 19.1. The Labute approximate surface area is 158 Å². The van der Waals surface area contributed by atoms with Crippen LogP contribution in [0.1, 0.15) is 28.0 Å². The molecule has 138 valence electrons. The van der Waals surface area contributed by atoms with E-state index in [2.05, 4.69) is 27.8 Å². The van der Waals surface area contributed by atoms with Gasteiger partial charge in [0.2, 0.25) is 0 Å². The summed E-state index contributed by atoms with van der Waals surface area (Å²) in [5.74, 6) is -0.658. The zero-order valence-corrected chi connectivity index (χ0v) is 15.0. The molecular formula is C22H22FN3O. The molecule has 4 nitrogen and oxygen atoms in total. The molecule has 1 heterocycles. The molecule has 0 radical (unpaired) electrons. The number of aryl methyl sites for hydroxylation is 1. The summed E-state index contributed by atoms with van der Waals surface area (Å²) in [6, 6.07) is 20.2. The van der Waals surface area contributed by atoms with Gasteiger partial charge in [0.25, 0.3) is 5.91 Å². The number of aromatic nitrogens is 1. The molecule has 3 aromatic rings. The summed E-state index contributed by atoms with van der Waals surface area (Å²) in [5.41, 5.74) is 2.94. The number of halogens is 1. The molecule has 0 saturated heterocycles. The number of anilines is 1. The van der Waals surface area contributed by atoms with Crippen LogP contribution in [0.25, 0.3) is 0 Å². The monoisotopic (exact) mass is 363 g/mol. The van der Waals surface area contributed by atoms with Crippen LogP contribution in [0.3, 0.4) is 0 Å². The van der Waals surface area contributed by atoms with Crippen molar-refractivity contribution in [3.05, 3.63) is 95.6 Å². The number of nitrogens with one attached hydrogen (secondary N) is 2. The summed E-state index contributed by atoms with van der Waals surface area (Å²) in [6.45, 7) is 0.960. The third kappa shape index (κ3) is 5.64. The fourth-order valence-corrected chi connectivity index (χ4v) is 2.71. The first kappa shape index (κ1) is 18.6. The Bertz CT molecular complexity index is 866. The SMILES string of the molecule is O=C(NCc1ccccc1F)c1ccc(NCCCc2ccccc2)cn1. The highest BCUT2D eigenvalue weighted by molar-refractivity contribution is 5.92. The summed E-state index contributed by atoms with van der Waals surface area (Å²) in [7, 11) is 0. The highest BCUT2D eigenvalue weighted by Crippen LogP contribution is 2.09. The quantitative estimate of drug-likeness (QED) is 0.590. The van der Waals surface area contributed by atoms with Crippen molar-refractivity contribution in [2.24, 2.45) is 0 Å². The van der Waals surface area contributed by atoms with Gasteiger partial charge in [0.05, 0.1) is 11.9 Å². The topological polar surface area (TPSA) is 54.0 Å². The second-order valence-corrected chi connectivity index (χ2v) is 6.22. The zero-order valence-electron chi connectivity index (χ0n) is 15.0. The lowest BCUT2D eigenvalue weighted by molar-refractivity contribution is 0.0945. The van der Waals surface area contributed by atoms with Crippen molar-refractivity contribution in [1.29, 1.82) is 0 Å². The molecular weight excluding hydrogens is 341 g/mol. The standard InChI is InChI=1S/C22H22FN3O/c23-20-11-5-4-10-18(20)15-26-22(27)21-13-12-19(16-25-21)24-14-6-9-17-7-2-1-3-8-17/h1-5,7-8,10-13,16,24H,6,9,14-15H2,(H,26,27). The molecule has 2 aromatic carbocycles. The Morgan fingerprint density at radius 2 is 1.74 bits per heavy atom. The number of hydrogen-bond donors (Lipinski definition) is 2. The fourth-order valence-electron chi connectivity index (χ4n) is 2.71. The maximum Gasteiger partial charge on any atom is 0.270 e. The number of benzene rings is 2. The van der Waals surface area contributed by atoms with E-state index in [1.165, 1.54) is 11.6 Å². The van der Waals surface area contributed by atoms with Crippen molar-refractivity contribution in [2.45, 2.75) is 19.4 Å². The van der Waals surface area contributed by atoms with Gasteiger partial charge < -0.3 is 10.6 Å². The van der Waals surface area contributed by atoms with Gasteiger partial charge in [-0.15, -0.1) is 0 Å². The van der Waals surface area contributed by atoms with Gasteiger partial charge >= 0.3 is 0 Å². The van der Waals surface area contributed by atoms with Gasteiger partial charge in [0.1, 0.15) is 11.5 Å². The molecule has 0 bridgehead atoms. The van der Waals surface area contributed by atoms with E-state index in [9.17, 15) is 9.18 Å². The lowest BCUT2D eigenvalue weighted by Crippen LogP contribution is -2.24. The largest absolute Gasteiger partial charge is 0.384 e. The van der Waals surface area contributed by atoms with Gasteiger partial charge in [-0.2, -0.15) is 0 Å². The number of nitrogens with zero attached hydrogens (tertiary/aromatic N) is 1. The molecule has 0 aliphatic carbocycles. The second-order valence-electron chi connectivity index (χ2n) is 6.22. The van der Waals surface area contributed by atoms with E-state index in [0.29, 0.717) is 11.3 Å². The van der Waals surface area contributed by atoms with Gasteiger partial charge in [0, 0.05) is 18.7 Å². The Balaban J connectivity index is 1.43. The van der Waals surface area contributed by atoms with E-state index in [1.54, 1.807) is 30.5 Å². The van der Waals surface area contributed by atoms with Crippen LogP contribution in [0, 0.1) is 5.82 Å². The minimum atomic E-state index is -0.333. The first-order valence-corrected chi connectivity index (χ1v) is 8.98. The third-order valence-electron chi connectivity index (χ3n) is 4.21. The first-order valence-electron chi connectivity index (χ1n) is 8.98. The number of carbonyl (C=O) groups excluding carboxylic acids is 1. The lowest BCUT2D eigenvalue weighted by Gasteiger charge is -2.08. The van der Waals surface area contributed by atoms with Crippen molar-refractivity contribution in [3.8, 4) is 0 Å². The third-order valence-corrected chi connectivity index (χ3v) is 4.21. The molecule has 0 spiro atoms. The average molecular weight is 363 g/mol. The number of rotatable bonds is 8. The van der Waals surface area contributed by atoms with Crippen LogP contribution in [0.2, 0.25) is 0 Å². The molecule has 0 aliphatic heterocycles. The highest BCUT2D eigenvalue weighted by Gasteiger charge is 2.08. The maximum absolute atomic E-state index is 13.6. The number of hydrogen-bond acceptors (Lipinski definition) is 3. The predicted octanol–water partition coefficient (Wildman–Crippen LogP) is 4.20. The van der Waals surface area contributed by atoms with Crippen molar-refractivity contribution in [1.82, 2.24) is 10.3 Å². The Kier molecular flexibility index (Phi) is 6.52. The summed E-state index contributed by atoms with van der Waals surface area (Å²) in [4.78, 5) is 16.3. The summed E-state index contributed by atoms with van der Waals surface area (Å²) in [6.07, 6.45) is 3.66. The zero-order chi connectivity index (χ0) is 18.9. The molecule has 0 fully saturated rings.